The topological polar surface area (TPSA) is 12.9 Å². The summed E-state index contributed by atoms with van der Waals surface area (Å²) in [5.41, 5.74) is 3.06. The number of aromatic nitrogens is 1. The lowest BCUT2D eigenvalue weighted by Crippen LogP contribution is -1.77. The van der Waals surface area contributed by atoms with Gasteiger partial charge in [-0.25, -0.2) is 4.98 Å². The van der Waals surface area contributed by atoms with Crippen molar-refractivity contribution in [2.75, 3.05) is 0 Å². The van der Waals surface area contributed by atoms with Gasteiger partial charge in [-0.15, -0.1) is 17.8 Å². The molecular formula is C15H9NS. The zero-order valence-corrected chi connectivity index (χ0v) is 9.87. The van der Waals surface area contributed by atoms with E-state index < -0.39 is 0 Å². The number of terminal acetylenes is 1. The maximum absolute atomic E-state index is 5.34. The Balaban J connectivity index is 2.11. The van der Waals surface area contributed by atoms with Gasteiger partial charge in [0.2, 0.25) is 0 Å². The van der Waals surface area contributed by atoms with E-state index in [0.717, 1.165) is 21.7 Å². The van der Waals surface area contributed by atoms with Crippen molar-refractivity contribution in [2.24, 2.45) is 0 Å². The number of thiazole rings is 1. The summed E-state index contributed by atoms with van der Waals surface area (Å²) in [6.45, 7) is 0. The first kappa shape index (κ1) is 10.1. The Hall–Kier alpha value is -2.11. The molecule has 0 aliphatic rings. The summed E-state index contributed by atoms with van der Waals surface area (Å²) in [6, 6.07) is 16.1. The van der Waals surface area contributed by atoms with Crippen LogP contribution in [0.1, 0.15) is 5.56 Å². The van der Waals surface area contributed by atoms with E-state index in [1.807, 2.05) is 42.5 Å². The third-order valence-electron chi connectivity index (χ3n) is 2.59. The molecular weight excluding hydrogens is 226 g/mol. The number of fused-ring (bicyclic) bond motifs is 1. The Morgan fingerprint density at radius 2 is 1.76 bits per heavy atom. The molecule has 0 bridgehead atoms. The third kappa shape index (κ3) is 1.82. The molecule has 0 spiro atoms. The minimum atomic E-state index is 0.898. The van der Waals surface area contributed by atoms with Crippen LogP contribution < -0.4 is 0 Å². The number of benzene rings is 2. The second-order valence-corrected chi connectivity index (χ2v) is 4.74. The summed E-state index contributed by atoms with van der Waals surface area (Å²) < 4.78 is 1.21. The number of nitrogens with zero attached hydrogens (tertiary/aromatic N) is 1. The predicted molar refractivity (Wildman–Crippen MR) is 73.0 cm³/mol. The largest absolute Gasteiger partial charge is 0.236 e. The van der Waals surface area contributed by atoms with Crippen LogP contribution in [0.25, 0.3) is 20.8 Å². The molecule has 0 saturated heterocycles. The second-order valence-electron chi connectivity index (χ2n) is 3.71. The van der Waals surface area contributed by atoms with E-state index in [-0.39, 0.29) is 0 Å². The van der Waals surface area contributed by atoms with E-state index in [4.69, 9.17) is 6.42 Å². The monoisotopic (exact) mass is 235 g/mol. The average molecular weight is 235 g/mol. The first-order valence-electron chi connectivity index (χ1n) is 5.29. The standard InChI is InChI=1S/C15H9NS/c1-2-11-7-9-12(10-8-11)15-16-13-5-3-4-6-14(13)17-15/h1,3-10H. The van der Waals surface area contributed by atoms with Gasteiger partial charge in [0, 0.05) is 11.1 Å². The summed E-state index contributed by atoms with van der Waals surface area (Å²) in [6.07, 6.45) is 5.34. The number of hydrogen-bond donors (Lipinski definition) is 0. The molecule has 0 radical (unpaired) electrons. The van der Waals surface area contributed by atoms with E-state index in [2.05, 4.69) is 17.0 Å². The molecule has 3 rings (SSSR count). The van der Waals surface area contributed by atoms with Gasteiger partial charge in [-0.05, 0) is 24.3 Å². The Morgan fingerprint density at radius 3 is 2.47 bits per heavy atom. The highest BCUT2D eigenvalue weighted by molar-refractivity contribution is 7.21. The van der Waals surface area contributed by atoms with Crippen molar-refractivity contribution >= 4 is 21.6 Å². The van der Waals surface area contributed by atoms with Crippen molar-refractivity contribution in [1.82, 2.24) is 4.98 Å². The first-order valence-corrected chi connectivity index (χ1v) is 6.11. The van der Waals surface area contributed by atoms with Crippen molar-refractivity contribution in [3.05, 3.63) is 54.1 Å². The molecule has 0 N–H and O–H groups in total. The quantitative estimate of drug-likeness (QED) is 0.582. The summed E-state index contributed by atoms with van der Waals surface area (Å²) in [5, 5.41) is 1.04. The molecule has 0 aliphatic carbocycles. The maximum atomic E-state index is 5.34. The first-order chi connectivity index (χ1) is 8.36. The van der Waals surface area contributed by atoms with Gasteiger partial charge in [-0.3, -0.25) is 0 Å². The van der Waals surface area contributed by atoms with Gasteiger partial charge in [-0.2, -0.15) is 0 Å². The lowest BCUT2D eigenvalue weighted by molar-refractivity contribution is 1.47. The molecule has 1 nitrogen and oxygen atoms in total. The zero-order chi connectivity index (χ0) is 11.7. The van der Waals surface area contributed by atoms with Crippen LogP contribution in [0.3, 0.4) is 0 Å². The molecule has 0 saturated carbocycles. The van der Waals surface area contributed by atoms with Crippen molar-refractivity contribution < 1.29 is 0 Å². The summed E-state index contributed by atoms with van der Waals surface area (Å²) in [5.74, 6) is 2.62. The van der Waals surface area contributed by atoms with Crippen LogP contribution in [0.15, 0.2) is 48.5 Å². The van der Waals surface area contributed by atoms with Crippen molar-refractivity contribution in [3.8, 4) is 22.9 Å². The normalized spacial score (nSPS) is 10.3. The van der Waals surface area contributed by atoms with Crippen LogP contribution in [0.2, 0.25) is 0 Å². The van der Waals surface area contributed by atoms with Crippen molar-refractivity contribution in [1.29, 1.82) is 0 Å². The fraction of sp³-hybridized carbons (Fsp3) is 0. The molecule has 0 aliphatic heterocycles. The van der Waals surface area contributed by atoms with Gasteiger partial charge in [0.1, 0.15) is 5.01 Å². The molecule has 17 heavy (non-hydrogen) atoms. The number of hydrogen-bond acceptors (Lipinski definition) is 2. The number of para-hydroxylation sites is 1. The minimum Gasteiger partial charge on any atom is -0.236 e. The van der Waals surface area contributed by atoms with Crippen LogP contribution in [0, 0.1) is 12.3 Å². The highest BCUT2D eigenvalue weighted by atomic mass is 32.1. The van der Waals surface area contributed by atoms with Gasteiger partial charge in [-0.1, -0.05) is 30.2 Å². The molecule has 80 valence electrons. The molecule has 2 heteroatoms. The van der Waals surface area contributed by atoms with Gasteiger partial charge in [0.15, 0.2) is 0 Å². The lowest BCUT2D eigenvalue weighted by Gasteiger charge is -1.95. The predicted octanol–water partition coefficient (Wildman–Crippen LogP) is 3.94. The van der Waals surface area contributed by atoms with Crippen LogP contribution in [0.5, 0.6) is 0 Å². The third-order valence-corrected chi connectivity index (χ3v) is 3.68. The Bertz CT molecular complexity index is 669. The molecule has 0 fully saturated rings. The molecule has 0 amide bonds. The molecule has 0 unspecified atom stereocenters. The second kappa shape index (κ2) is 4.04. The SMILES string of the molecule is C#Cc1ccc(-c2nc3ccccc3s2)cc1. The molecule has 1 aromatic heterocycles. The van der Waals surface area contributed by atoms with Crippen molar-refractivity contribution in [3.63, 3.8) is 0 Å². The number of rotatable bonds is 1. The smallest absolute Gasteiger partial charge is 0.124 e. The van der Waals surface area contributed by atoms with Gasteiger partial charge in [0.25, 0.3) is 0 Å². The van der Waals surface area contributed by atoms with Gasteiger partial charge in [0.05, 0.1) is 10.2 Å². The lowest BCUT2D eigenvalue weighted by atomic mass is 10.1. The summed E-state index contributed by atoms with van der Waals surface area (Å²) in [4.78, 5) is 4.61. The van der Waals surface area contributed by atoms with Crippen LogP contribution >= 0.6 is 11.3 Å². The van der Waals surface area contributed by atoms with Gasteiger partial charge < -0.3 is 0 Å². The van der Waals surface area contributed by atoms with Crippen LogP contribution in [-0.2, 0) is 0 Å². The minimum absolute atomic E-state index is 0.898. The molecule has 1 heterocycles. The maximum Gasteiger partial charge on any atom is 0.124 e. The fourth-order valence-corrected chi connectivity index (χ4v) is 2.68. The van der Waals surface area contributed by atoms with E-state index in [9.17, 15) is 0 Å². The average Bonchev–Trinajstić information content (AvgIpc) is 2.82. The molecule has 0 atom stereocenters. The van der Waals surface area contributed by atoms with E-state index in [1.54, 1.807) is 11.3 Å². The zero-order valence-electron chi connectivity index (χ0n) is 9.05. The van der Waals surface area contributed by atoms with E-state index >= 15 is 0 Å². The summed E-state index contributed by atoms with van der Waals surface area (Å²) >= 11 is 1.70. The molecule has 3 aromatic rings. The summed E-state index contributed by atoms with van der Waals surface area (Å²) in [7, 11) is 0. The fourth-order valence-electron chi connectivity index (χ4n) is 1.70. The Morgan fingerprint density at radius 1 is 1.00 bits per heavy atom. The van der Waals surface area contributed by atoms with Crippen LogP contribution in [-0.4, -0.2) is 4.98 Å². The van der Waals surface area contributed by atoms with Gasteiger partial charge >= 0.3 is 0 Å². The Kier molecular flexibility index (Phi) is 2.40. The molecule has 2 aromatic carbocycles. The highest BCUT2D eigenvalue weighted by Gasteiger charge is 2.04. The van der Waals surface area contributed by atoms with Crippen LogP contribution in [0.4, 0.5) is 0 Å². The van der Waals surface area contributed by atoms with Crippen molar-refractivity contribution in [2.45, 2.75) is 0 Å². The highest BCUT2D eigenvalue weighted by Crippen LogP contribution is 2.29. The van der Waals surface area contributed by atoms with E-state index in [1.165, 1.54) is 4.70 Å². The Labute approximate surface area is 104 Å². The van der Waals surface area contributed by atoms with E-state index in [0.29, 0.717) is 0 Å².